The minimum atomic E-state index is -5.25. The van der Waals surface area contributed by atoms with Crippen LogP contribution in [0.1, 0.15) is 6.23 Å². The molecule has 11 N–H and O–H groups in total. The average Bonchev–Trinajstić information content (AvgIpc) is 3.21. The smallest absolute Gasteiger partial charge is 0.330 e. The van der Waals surface area contributed by atoms with Crippen molar-refractivity contribution in [2.24, 2.45) is 0 Å². The van der Waals surface area contributed by atoms with Crippen molar-refractivity contribution in [3.8, 4) is 0 Å². The largest absolute Gasteiger partial charge is 0.778 e. The molecule has 0 saturated carbocycles. The number of aliphatic hydroxyl groups excluding tert-OH is 2. The summed E-state index contributed by atoms with van der Waals surface area (Å²) in [6, 6.07) is 0.969. The molecule has 2 saturated heterocycles. The Balaban J connectivity index is 0.00000506. The molecule has 2 fully saturated rings. The van der Waals surface area contributed by atoms with E-state index >= 15 is 0 Å². The fourth-order valence-corrected chi connectivity index (χ4v) is 7.42. The van der Waals surface area contributed by atoms with Crippen LogP contribution in [0.2, 0.25) is 0 Å². The predicted molar refractivity (Wildman–Crippen MR) is 156 cm³/mol. The lowest BCUT2D eigenvalue weighted by Gasteiger charge is -2.43. The molecule has 19 nitrogen and oxygen atoms in total. The van der Waals surface area contributed by atoms with Gasteiger partial charge in [-0.3, -0.25) is 14.3 Å². The minimum absolute atomic E-state index is 0. The Morgan fingerprint density at radius 3 is 2.18 bits per heavy atom. The number of hydrogen-bond donors (Lipinski definition) is 5. The van der Waals surface area contributed by atoms with Crippen LogP contribution in [0.25, 0.3) is 0 Å². The third kappa shape index (κ3) is 11.2. The van der Waals surface area contributed by atoms with Crippen LogP contribution in [-0.2, 0) is 41.9 Å². The minimum Gasteiger partial charge on any atom is -0.778 e. The second-order valence-electron chi connectivity index (χ2n) is 9.36. The van der Waals surface area contributed by atoms with Crippen LogP contribution in [0.5, 0.6) is 0 Å². The van der Waals surface area contributed by atoms with E-state index < -0.39 is 88.1 Å². The molecule has 3 rings (SSSR count). The Morgan fingerprint density at radius 2 is 1.58 bits per heavy atom. The molecule has 0 amide bonds. The van der Waals surface area contributed by atoms with Crippen molar-refractivity contribution >= 4 is 15.2 Å². The number of ether oxygens (including phenoxy) is 5. The zero-order valence-corrected chi connectivity index (χ0v) is 26.7. The molecule has 10 atom stereocenters. The molecule has 258 valence electrons. The number of aromatic nitrogens is 2. The molecule has 2 aliphatic heterocycles. The van der Waals surface area contributed by atoms with Gasteiger partial charge in [0.25, 0.3) is 5.56 Å². The standard InChI is InChI=1S/C24H36N2O15P2.2H3N/c1-4-9-35-16-12-38-23(21(37-11-6-3)20(16)36-10-5-2)41-43(33,34)14-42(31,32)39-13-15-18(28)19(29)22(40-15)26-8-7-17(27)25-24(26)30;;/h4-8,15-16,18-23,28-29H,1-3,9-14H2,(H,31,32)(H,33,34)(H,25,27,30);2*1H3/t15-,16-,18-,19-,20+,21-,22-,23-;;/m1../s1. The highest BCUT2D eigenvalue weighted by Gasteiger charge is 2.46. The van der Waals surface area contributed by atoms with E-state index in [1.165, 1.54) is 18.2 Å². The first kappa shape index (κ1) is 40.9. The zero-order valence-electron chi connectivity index (χ0n) is 24.9. The van der Waals surface area contributed by atoms with Crippen LogP contribution in [0.15, 0.2) is 59.8 Å². The summed E-state index contributed by atoms with van der Waals surface area (Å²) in [5, 5.41) is 20.6. The van der Waals surface area contributed by atoms with Gasteiger partial charge in [-0.2, -0.15) is 0 Å². The number of nitrogens with zero attached hydrogens (tertiary/aromatic N) is 1. The SMILES string of the molecule is C=CCO[C@@H]1[C@@H](OCC=C)[C@@H](OP(=O)([O-])CP(=O)([O-])OC[C@H]2O[C@@H](n3ccc(=O)[nH]c3=O)[C@H](O)[C@@H]2O)OC[C@H]1OCC=C.[NH4+].[NH4+]. The Kier molecular flexibility index (Phi) is 16.6. The highest BCUT2D eigenvalue weighted by atomic mass is 31.2. The first-order valence-corrected chi connectivity index (χ1v) is 16.3. The maximum atomic E-state index is 12.8. The molecule has 0 aromatic carbocycles. The summed E-state index contributed by atoms with van der Waals surface area (Å²) in [4.78, 5) is 50.7. The van der Waals surface area contributed by atoms with E-state index in [9.17, 15) is 38.7 Å². The number of aliphatic hydroxyl groups is 2. The molecule has 2 aliphatic rings. The molecule has 2 unspecified atom stereocenters. The average molecular weight is 689 g/mol. The van der Waals surface area contributed by atoms with Gasteiger partial charge in [-0.15, -0.1) is 19.7 Å². The van der Waals surface area contributed by atoms with E-state index in [1.807, 2.05) is 4.98 Å². The van der Waals surface area contributed by atoms with Gasteiger partial charge in [0, 0.05) is 12.3 Å². The second-order valence-corrected chi connectivity index (χ2v) is 13.4. The fraction of sp³-hybridized carbons (Fsp3) is 0.583. The molecule has 0 radical (unpaired) electrons. The van der Waals surface area contributed by atoms with Gasteiger partial charge in [0.2, 0.25) is 0 Å². The summed E-state index contributed by atoms with van der Waals surface area (Å²) in [5.41, 5.74) is -1.68. The van der Waals surface area contributed by atoms with Gasteiger partial charge < -0.3 is 74.2 Å². The van der Waals surface area contributed by atoms with E-state index in [0.717, 1.165) is 16.8 Å². The fourth-order valence-electron chi connectivity index (χ4n) is 4.26. The summed E-state index contributed by atoms with van der Waals surface area (Å²) in [7, 11) is -10.5. The molecule has 1 aromatic heterocycles. The third-order valence-electron chi connectivity index (χ3n) is 6.13. The van der Waals surface area contributed by atoms with Crippen LogP contribution in [0, 0.1) is 0 Å². The quantitative estimate of drug-likeness (QED) is 0.0975. The van der Waals surface area contributed by atoms with Gasteiger partial charge in [0.05, 0.1) is 38.9 Å². The number of H-pyrrole nitrogens is 1. The van der Waals surface area contributed by atoms with Gasteiger partial charge in [-0.1, -0.05) is 18.2 Å². The lowest BCUT2D eigenvalue weighted by molar-refractivity contribution is -0.286. The van der Waals surface area contributed by atoms with Crippen LogP contribution < -0.4 is 33.3 Å². The van der Waals surface area contributed by atoms with Crippen molar-refractivity contribution in [1.29, 1.82) is 0 Å². The van der Waals surface area contributed by atoms with Gasteiger partial charge in [-0.05, 0) is 0 Å². The molecule has 0 bridgehead atoms. The third-order valence-corrected chi connectivity index (χ3v) is 9.98. The Morgan fingerprint density at radius 1 is 0.978 bits per heavy atom. The second kappa shape index (κ2) is 18.2. The van der Waals surface area contributed by atoms with Crippen molar-refractivity contribution < 1.29 is 61.9 Å². The predicted octanol–water partition coefficient (Wildman–Crippen LogP) is -0.924. The molecule has 1 aromatic rings. The van der Waals surface area contributed by atoms with Crippen molar-refractivity contribution in [1.82, 2.24) is 21.9 Å². The lowest BCUT2D eigenvalue weighted by atomic mass is 10.0. The monoisotopic (exact) mass is 688 g/mol. The molecule has 45 heavy (non-hydrogen) atoms. The Labute approximate surface area is 258 Å². The van der Waals surface area contributed by atoms with Crippen LogP contribution in [0.3, 0.4) is 0 Å². The van der Waals surface area contributed by atoms with E-state index in [2.05, 4.69) is 19.7 Å². The van der Waals surface area contributed by atoms with Crippen LogP contribution >= 0.6 is 15.2 Å². The van der Waals surface area contributed by atoms with Crippen molar-refractivity contribution in [2.75, 3.05) is 38.9 Å². The lowest BCUT2D eigenvalue weighted by Crippen LogP contribution is -2.57. The normalized spacial score (nSPS) is 30.6. The van der Waals surface area contributed by atoms with Crippen molar-refractivity contribution in [3.05, 3.63) is 71.1 Å². The highest BCUT2D eigenvalue weighted by molar-refractivity contribution is 7.69. The summed E-state index contributed by atoms with van der Waals surface area (Å²) in [5.74, 6) is -1.61. The van der Waals surface area contributed by atoms with E-state index in [0.29, 0.717) is 0 Å². The maximum Gasteiger partial charge on any atom is 0.330 e. The number of nitrogens with one attached hydrogen (secondary N) is 1. The van der Waals surface area contributed by atoms with Gasteiger partial charge in [0.15, 0.2) is 12.5 Å². The van der Waals surface area contributed by atoms with E-state index in [4.69, 9.17) is 32.7 Å². The molecule has 21 heteroatoms. The summed E-state index contributed by atoms with van der Waals surface area (Å²) in [6.07, 6.45) is -5.58. The van der Waals surface area contributed by atoms with Crippen molar-refractivity contribution in [2.45, 2.75) is 49.1 Å². The number of rotatable bonds is 17. The van der Waals surface area contributed by atoms with Gasteiger partial charge in [-0.25, -0.2) is 4.79 Å². The number of quaternary nitrogens is 2. The van der Waals surface area contributed by atoms with Crippen molar-refractivity contribution in [3.63, 3.8) is 0 Å². The summed E-state index contributed by atoms with van der Waals surface area (Å²) in [6.45, 7) is 9.68. The van der Waals surface area contributed by atoms with E-state index in [-0.39, 0.29) is 38.7 Å². The Hall–Kier alpha value is -2.16. The highest BCUT2D eigenvalue weighted by Crippen LogP contribution is 2.55. The summed E-state index contributed by atoms with van der Waals surface area (Å²) < 4.78 is 64.0. The van der Waals surface area contributed by atoms with Gasteiger partial charge in [0.1, 0.15) is 51.8 Å². The topological polar surface area (TPSA) is 313 Å². The number of hydrogen-bond acceptors (Lipinski definition) is 15. The van der Waals surface area contributed by atoms with Crippen LogP contribution in [0.4, 0.5) is 0 Å². The Bertz CT molecular complexity index is 1330. The first-order chi connectivity index (χ1) is 20.3. The molecule has 0 aliphatic carbocycles. The maximum absolute atomic E-state index is 12.8. The zero-order chi connectivity index (χ0) is 31.8. The van der Waals surface area contributed by atoms with E-state index in [1.54, 1.807) is 0 Å². The molecular weight excluding hydrogens is 646 g/mol. The molecular formula is C24H42N4O15P2. The molecule has 3 heterocycles. The van der Waals surface area contributed by atoms with Crippen LogP contribution in [-0.4, -0.2) is 102 Å². The first-order valence-electron chi connectivity index (χ1n) is 12.9. The number of aromatic amines is 1. The van der Waals surface area contributed by atoms with Gasteiger partial charge >= 0.3 is 5.69 Å². The molecule has 0 spiro atoms. The summed E-state index contributed by atoms with van der Waals surface area (Å²) >= 11 is 0.